The molecule has 0 aliphatic heterocycles. The molecule has 0 aliphatic carbocycles. The van der Waals surface area contributed by atoms with Gasteiger partial charge in [0.05, 0.1) is 42.7 Å². The van der Waals surface area contributed by atoms with E-state index in [9.17, 15) is 59.4 Å². The lowest BCUT2D eigenvalue weighted by Gasteiger charge is -2.24. The monoisotopic (exact) mass is 1340 g/mol. The van der Waals surface area contributed by atoms with E-state index in [-0.39, 0.29) is 87.7 Å². The predicted octanol–water partition coefficient (Wildman–Crippen LogP) is 14.3. The van der Waals surface area contributed by atoms with Crippen molar-refractivity contribution >= 4 is 35.8 Å². The van der Waals surface area contributed by atoms with Crippen molar-refractivity contribution in [2.75, 3.05) is 42.7 Å². The van der Waals surface area contributed by atoms with Crippen molar-refractivity contribution in [2.45, 2.75) is 40.6 Å². The number of hydrogen-bond donors (Lipinski definition) is 6. The number of phenols is 6. The van der Waals surface area contributed by atoms with Gasteiger partial charge in [0.1, 0.15) is 105 Å². The summed E-state index contributed by atoms with van der Waals surface area (Å²) in [6, 6.07) is 42.3. The van der Waals surface area contributed by atoms with E-state index in [1.165, 1.54) is 115 Å². The second kappa shape index (κ2) is 29.5. The Bertz CT molecular complexity index is 4140. The van der Waals surface area contributed by atoms with Crippen LogP contribution in [0.25, 0.3) is 66.8 Å². The molecule has 0 aromatic heterocycles. The minimum atomic E-state index is -0.786. The molecule has 0 unspecified atom stereocenters. The number of benzene rings is 10. The molecule has 0 saturated heterocycles. The van der Waals surface area contributed by atoms with Gasteiger partial charge in [-0.1, -0.05) is 36.4 Å². The molecular formula is C78H66O21. The number of aromatic hydroxyl groups is 6. The highest BCUT2D eigenvalue weighted by molar-refractivity contribution is 5.99. The maximum atomic E-state index is 12.9. The number of ether oxygens (including phenoxy) is 9. The number of methoxy groups -OCH3 is 6. The van der Waals surface area contributed by atoms with Crippen LogP contribution in [-0.2, 0) is 48.2 Å². The van der Waals surface area contributed by atoms with Crippen LogP contribution in [-0.4, -0.2) is 109 Å². The largest absolute Gasteiger partial charge is 0.507 e. The van der Waals surface area contributed by atoms with Crippen LogP contribution in [0.1, 0.15) is 95.5 Å². The second-order valence-corrected chi connectivity index (χ2v) is 22.8. The maximum Gasteiger partial charge on any atom is 0.341 e. The smallest absolute Gasteiger partial charge is 0.341 e. The number of carbonyl (C=O) groups is 6. The topological polar surface area (TPSA) is 307 Å². The van der Waals surface area contributed by atoms with Gasteiger partial charge < -0.3 is 73.3 Å². The van der Waals surface area contributed by atoms with Crippen LogP contribution in [0.15, 0.2) is 164 Å². The summed E-state index contributed by atoms with van der Waals surface area (Å²) in [7, 11) is 7.14. The zero-order valence-electron chi connectivity index (χ0n) is 55.0. The first-order valence-electron chi connectivity index (χ1n) is 30.4. The summed E-state index contributed by atoms with van der Waals surface area (Å²) in [5.74, 6) is -5.72. The molecule has 0 atom stereocenters. The van der Waals surface area contributed by atoms with Crippen LogP contribution in [0.3, 0.4) is 0 Å². The van der Waals surface area contributed by atoms with Crippen molar-refractivity contribution < 1.29 is 102 Å². The summed E-state index contributed by atoms with van der Waals surface area (Å²) >= 11 is 0. The van der Waals surface area contributed by atoms with Crippen LogP contribution in [0, 0.1) is 20.8 Å². The van der Waals surface area contributed by atoms with E-state index in [2.05, 4.69) is 0 Å². The molecule has 0 bridgehead atoms. The summed E-state index contributed by atoms with van der Waals surface area (Å²) < 4.78 is 50.4. The lowest BCUT2D eigenvalue weighted by atomic mass is 9.89. The molecule has 6 N–H and O–H groups in total. The van der Waals surface area contributed by atoms with Crippen molar-refractivity contribution in [1.29, 1.82) is 0 Å². The van der Waals surface area contributed by atoms with Gasteiger partial charge in [0, 0.05) is 0 Å². The zero-order chi connectivity index (χ0) is 71.1. The van der Waals surface area contributed by atoms with Gasteiger partial charge in [-0.25, -0.2) is 28.8 Å². The summed E-state index contributed by atoms with van der Waals surface area (Å²) in [4.78, 5) is 77.5. The molecule has 0 aliphatic rings. The maximum absolute atomic E-state index is 12.9. The SMILES string of the molecule is COC(=O)c1cc(-c2cc(OCc3c(C)c(COc4cc(-c5ccc(O)c(C(=O)OC)c5)cc(-c5ccc(O)c(C(=O)OC)c5)c4)c(C)c(COc4cc(-c5ccc(O)c(C(=O)OC)c5)cc(-c5ccc(O)c(C(=O)OC)c5)c4)c3C)cc(-c3ccc(O)c(C(=O)OC)c3)c2)ccc1O. The first kappa shape index (κ1) is 69.1. The fraction of sp³-hybridized carbons (Fsp3) is 0.154. The minimum Gasteiger partial charge on any atom is -0.507 e. The summed E-state index contributed by atoms with van der Waals surface area (Å²) in [5.41, 5.74) is 9.49. The van der Waals surface area contributed by atoms with Crippen LogP contribution in [0.5, 0.6) is 51.7 Å². The highest BCUT2D eigenvalue weighted by Crippen LogP contribution is 2.42. The number of rotatable bonds is 21. The molecule has 0 spiro atoms. The van der Waals surface area contributed by atoms with E-state index in [4.69, 9.17) is 42.6 Å². The fourth-order valence-corrected chi connectivity index (χ4v) is 11.5. The fourth-order valence-electron chi connectivity index (χ4n) is 11.5. The Morgan fingerprint density at radius 2 is 0.404 bits per heavy atom. The average molecular weight is 1340 g/mol. The van der Waals surface area contributed by atoms with Gasteiger partial charge in [0.2, 0.25) is 0 Å². The molecule has 21 nitrogen and oxygen atoms in total. The Kier molecular flexibility index (Phi) is 20.6. The summed E-state index contributed by atoms with van der Waals surface area (Å²) in [5, 5.41) is 64.5. The van der Waals surface area contributed by atoms with Crippen molar-refractivity contribution in [2.24, 2.45) is 0 Å². The Hall–Kier alpha value is -12.8. The molecule has 0 saturated carbocycles. The highest BCUT2D eigenvalue weighted by Gasteiger charge is 2.25. The van der Waals surface area contributed by atoms with Gasteiger partial charge in [0.25, 0.3) is 0 Å². The van der Waals surface area contributed by atoms with Crippen molar-refractivity contribution in [1.82, 2.24) is 0 Å². The number of carbonyl (C=O) groups excluding carboxylic acids is 6. The predicted molar refractivity (Wildman–Crippen MR) is 364 cm³/mol. The lowest BCUT2D eigenvalue weighted by molar-refractivity contribution is 0.0588. The molecule has 504 valence electrons. The lowest BCUT2D eigenvalue weighted by Crippen LogP contribution is -2.13. The molecule has 0 radical (unpaired) electrons. The molecule has 10 rings (SSSR count). The van der Waals surface area contributed by atoms with E-state index in [1.807, 2.05) is 20.8 Å². The van der Waals surface area contributed by atoms with Crippen LogP contribution >= 0.6 is 0 Å². The highest BCUT2D eigenvalue weighted by atomic mass is 16.5. The molecule has 0 fully saturated rings. The van der Waals surface area contributed by atoms with Gasteiger partial charge >= 0.3 is 35.8 Å². The molecule has 0 amide bonds. The van der Waals surface area contributed by atoms with E-state index >= 15 is 0 Å². The van der Waals surface area contributed by atoms with Crippen LogP contribution in [0.4, 0.5) is 0 Å². The Morgan fingerprint density at radius 3 is 0.556 bits per heavy atom. The van der Waals surface area contributed by atoms with E-state index in [0.29, 0.717) is 101 Å². The van der Waals surface area contributed by atoms with Crippen molar-refractivity contribution in [3.8, 4) is 119 Å². The van der Waals surface area contributed by atoms with Gasteiger partial charge in [-0.05, 0) is 248 Å². The minimum absolute atomic E-state index is 0.106. The van der Waals surface area contributed by atoms with E-state index < -0.39 is 35.8 Å². The Balaban J connectivity index is 1.13. The van der Waals surface area contributed by atoms with Crippen molar-refractivity contribution in [3.63, 3.8) is 0 Å². The number of hydrogen-bond acceptors (Lipinski definition) is 21. The van der Waals surface area contributed by atoms with E-state index in [0.717, 1.165) is 16.7 Å². The second-order valence-electron chi connectivity index (χ2n) is 22.8. The van der Waals surface area contributed by atoms with Gasteiger partial charge in [-0.15, -0.1) is 0 Å². The first-order valence-corrected chi connectivity index (χ1v) is 30.4. The van der Waals surface area contributed by atoms with Crippen molar-refractivity contribution in [3.05, 3.63) is 231 Å². The Labute approximate surface area is 567 Å². The molecule has 99 heavy (non-hydrogen) atoms. The summed E-state index contributed by atoms with van der Waals surface area (Å²) in [6.45, 7) is 5.41. The number of phenolic OH excluding ortho intramolecular Hbond substituents is 6. The first-order chi connectivity index (χ1) is 47.4. The zero-order valence-corrected chi connectivity index (χ0v) is 55.0. The third-order valence-electron chi connectivity index (χ3n) is 17.0. The average Bonchev–Trinajstić information content (AvgIpc) is 0.788. The van der Waals surface area contributed by atoms with Gasteiger partial charge in [-0.3, -0.25) is 0 Å². The standard InChI is InChI=1S/C78H66O21/c1-40-64(37-97-55-25-49(43-10-16-67(79)58(31-43)73(85)91-4)22-50(26-55)44-11-17-68(80)59(32-44)74(86)92-5)41(2)66(39-99-57-29-53(47-14-20-71(83)62(35-47)77(89)95-8)24-54(30-57)48-15-21-72(84)63(36-48)78(90)96-9)42(3)65(40)38-98-56-27-51(45-12-18-69(81)60(33-45)75(87)93-6)23-52(28-56)46-13-19-70(82)61(34-46)76(88)94-7/h10-36,79-84H,37-39H2,1-9H3. The molecular weight excluding hydrogens is 1270 g/mol. The normalized spacial score (nSPS) is 10.9. The Morgan fingerprint density at radius 1 is 0.242 bits per heavy atom. The molecule has 0 heterocycles. The quantitative estimate of drug-likeness (QED) is 0.0288. The van der Waals surface area contributed by atoms with E-state index in [1.54, 1.807) is 91.0 Å². The van der Waals surface area contributed by atoms with Gasteiger partial charge in [-0.2, -0.15) is 0 Å². The summed E-state index contributed by atoms with van der Waals surface area (Å²) in [6.07, 6.45) is 0. The van der Waals surface area contributed by atoms with Crippen LogP contribution < -0.4 is 14.2 Å². The van der Waals surface area contributed by atoms with Gasteiger partial charge in [0.15, 0.2) is 0 Å². The number of esters is 6. The van der Waals surface area contributed by atoms with Crippen LogP contribution in [0.2, 0.25) is 0 Å². The molecule has 21 heteroatoms. The third kappa shape index (κ3) is 14.7. The molecule has 10 aromatic carbocycles. The third-order valence-corrected chi connectivity index (χ3v) is 17.0. The molecule has 10 aromatic rings.